The monoisotopic (exact) mass is 468 g/mol. The smallest absolute Gasteiger partial charge is 0.269 e. The normalized spacial score (nSPS) is 11.8. The van der Waals surface area contributed by atoms with Crippen LogP contribution in [-0.2, 0) is 14.8 Å². The van der Waals surface area contributed by atoms with E-state index in [4.69, 9.17) is 0 Å². The number of benzene rings is 2. The van der Waals surface area contributed by atoms with Crippen molar-refractivity contribution in [3.05, 3.63) is 68.7 Å². The minimum Gasteiger partial charge on any atom is -0.271 e. The van der Waals surface area contributed by atoms with E-state index in [-0.39, 0.29) is 5.69 Å². The second kappa shape index (κ2) is 8.93. The average molecular weight is 469 g/mol. The van der Waals surface area contributed by atoms with E-state index in [0.717, 1.165) is 10.6 Å². The zero-order valence-electron chi connectivity index (χ0n) is 15.0. The van der Waals surface area contributed by atoms with Gasteiger partial charge in [0.25, 0.3) is 11.6 Å². The molecule has 11 heteroatoms. The Balaban J connectivity index is 2.12. The number of sulfonamides is 1. The number of anilines is 1. The zero-order chi connectivity index (χ0) is 20.9. The highest BCUT2D eigenvalue weighted by Crippen LogP contribution is 2.21. The summed E-state index contributed by atoms with van der Waals surface area (Å²) < 4.78 is 25.8. The molecule has 0 aliphatic rings. The van der Waals surface area contributed by atoms with Crippen molar-refractivity contribution in [2.45, 2.75) is 6.92 Å². The lowest BCUT2D eigenvalue weighted by atomic mass is 10.1. The van der Waals surface area contributed by atoms with Crippen molar-refractivity contribution >= 4 is 48.9 Å². The summed E-state index contributed by atoms with van der Waals surface area (Å²) in [5.74, 6) is -0.633. The molecule has 0 unspecified atom stereocenters. The minimum atomic E-state index is -3.69. The van der Waals surface area contributed by atoms with Crippen LogP contribution in [0.1, 0.15) is 12.5 Å². The second-order valence-electron chi connectivity index (χ2n) is 5.79. The molecule has 28 heavy (non-hydrogen) atoms. The van der Waals surface area contributed by atoms with Crippen LogP contribution in [0.25, 0.3) is 0 Å². The van der Waals surface area contributed by atoms with E-state index in [1.807, 2.05) is 0 Å². The van der Waals surface area contributed by atoms with Crippen molar-refractivity contribution in [1.82, 2.24) is 5.43 Å². The third kappa shape index (κ3) is 5.86. The number of nitro groups is 1. The maximum atomic E-state index is 12.2. The van der Waals surface area contributed by atoms with Gasteiger partial charge in [-0.3, -0.25) is 19.2 Å². The van der Waals surface area contributed by atoms with Crippen LogP contribution >= 0.6 is 15.9 Å². The Labute approximate surface area is 170 Å². The molecule has 0 aliphatic heterocycles. The molecule has 0 radical (unpaired) electrons. The molecule has 0 atom stereocenters. The van der Waals surface area contributed by atoms with Crippen molar-refractivity contribution in [3.8, 4) is 0 Å². The van der Waals surface area contributed by atoms with E-state index in [1.165, 1.54) is 24.3 Å². The summed E-state index contributed by atoms with van der Waals surface area (Å²) in [5, 5.41) is 14.6. The number of non-ortho nitro benzene ring substituents is 1. The lowest BCUT2D eigenvalue weighted by Crippen LogP contribution is -2.39. The van der Waals surface area contributed by atoms with E-state index in [2.05, 4.69) is 26.5 Å². The van der Waals surface area contributed by atoms with Crippen LogP contribution in [0, 0.1) is 10.1 Å². The molecule has 0 saturated heterocycles. The molecule has 2 aromatic carbocycles. The van der Waals surface area contributed by atoms with E-state index in [9.17, 15) is 23.3 Å². The number of amides is 1. The van der Waals surface area contributed by atoms with Crippen LogP contribution < -0.4 is 9.73 Å². The molecule has 1 amide bonds. The summed E-state index contributed by atoms with van der Waals surface area (Å²) in [7, 11) is -3.69. The molecule has 148 valence electrons. The summed E-state index contributed by atoms with van der Waals surface area (Å²) in [5.41, 5.74) is 3.58. The Hall–Kier alpha value is -2.79. The first-order valence-electron chi connectivity index (χ1n) is 7.89. The SMILES string of the molecule is C/C(=N\NC(=O)CN(c1cccc(Br)c1)S(C)(=O)=O)c1ccc([N+](=O)[O-])cc1. The van der Waals surface area contributed by atoms with Gasteiger partial charge in [0.05, 0.1) is 22.6 Å². The van der Waals surface area contributed by atoms with E-state index < -0.39 is 27.4 Å². The van der Waals surface area contributed by atoms with Crippen molar-refractivity contribution in [3.63, 3.8) is 0 Å². The highest BCUT2D eigenvalue weighted by molar-refractivity contribution is 9.10. The molecule has 2 aromatic rings. The van der Waals surface area contributed by atoms with Crippen molar-refractivity contribution in [2.24, 2.45) is 5.10 Å². The number of hydrazone groups is 1. The second-order valence-corrected chi connectivity index (χ2v) is 8.61. The lowest BCUT2D eigenvalue weighted by Gasteiger charge is -2.21. The number of halogens is 1. The fourth-order valence-electron chi connectivity index (χ4n) is 2.23. The number of nitrogens with one attached hydrogen (secondary N) is 1. The van der Waals surface area contributed by atoms with Gasteiger partial charge in [-0.1, -0.05) is 22.0 Å². The number of carbonyl (C=O) groups is 1. The molecule has 0 fully saturated rings. The molecule has 1 N–H and O–H groups in total. The highest BCUT2D eigenvalue weighted by atomic mass is 79.9. The molecule has 0 bridgehead atoms. The van der Waals surface area contributed by atoms with Crippen LogP contribution in [0.3, 0.4) is 0 Å². The van der Waals surface area contributed by atoms with Crippen LogP contribution in [0.2, 0.25) is 0 Å². The third-order valence-electron chi connectivity index (χ3n) is 3.63. The van der Waals surface area contributed by atoms with Crippen LogP contribution in [0.4, 0.5) is 11.4 Å². The largest absolute Gasteiger partial charge is 0.271 e. The van der Waals surface area contributed by atoms with Gasteiger partial charge in [-0.25, -0.2) is 13.8 Å². The Morgan fingerprint density at radius 1 is 1.25 bits per heavy atom. The minimum absolute atomic E-state index is 0.0570. The summed E-state index contributed by atoms with van der Waals surface area (Å²) in [6, 6.07) is 12.2. The standard InChI is InChI=1S/C17H17BrN4O5S/c1-12(13-6-8-15(9-7-13)22(24)25)19-20-17(23)11-21(28(2,26)27)16-5-3-4-14(18)10-16/h3-10H,11H2,1-2H3,(H,20,23)/b19-12+. The molecular formula is C17H17BrN4O5S. The van der Waals surface area contributed by atoms with E-state index in [0.29, 0.717) is 21.4 Å². The Morgan fingerprint density at radius 2 is 1.89 bits per heavy atom. The average Bonchev–Trinajstić information content (AvgIpc) is 2.63. The Morgan fingerprint density at radius 3 is 2.43 bits per heavy atom. The summed E-state index contributed by atoms with van der Waals surface area (Å²) in [6.07, 6.45) is 1.01. The molecule has 0 saturated carbocycles. The molecule has 0 spiro atoms. The molecule has 2 rings (SSSR count). The van der Waals surface area contributed by atoms with E-state index >= 15 is 0 Å². The maximum absolute atomic E-state index is 12.2. The zero-order valence-corrected chi connectivity index (χ0v) is 17.4. The summed E-state index contributed by atoms with van der Waals surface area (Å²) in [4.78, 5) is 22.4. The quantitative estimate of drug-likeness (QED) is 0.380. The predicted molar refractivity (Wildman–Crippen MR) is 110 cm³/mol. The number of hydrogen-bond acceptors (Lipinski definition) is 6. The number of rotatable bonds is 7. The van der Waals surface area contributed by atoms with Crippen LogP contribution in [0.5, 0.6) is 0 Å². The number of nitro benzene ring substituents is 1. The summed E-state index contributed by atoms with van der Waals surface area (Å²) >= 11 is 3.27. The third-order valence-corrected chi connectivity index (χ3v) is 5.26. The van der Waals surface area contributed by atoms with Crippen LogP contribution in [0.15, 0.2) is 58.1 Å². The number of carbonyl (C=O) groups excluding carboxylic acids is 1. The van der Waals surface area contributed by atoms with Crippen molar-refractivity contribution in [1.29, 1.82) is 0 Å². The lowest BCUT2D eigenvalue weighted by molar-refractivity contribution is -0.384. The molecule has 0 heterocycles. The molecule has 0 aromatic heterocycles. The number of hydrogen-bond donors (Lipinski definition) is 1. The number of nitrogens with zero attached hydrogens (tertiary/aromatic N) is 3. The fraction of sp³-hybridized carbons (Fsp3) is 0.176. The molecular weight excluding hydrogens is 452 g/mol. The van der Waals surface area contributed by atoms with Gasteiger partial charge in [-0.05, 0) is 42.8 Å². The summed E-state index contributed by atoms with van der Waals surface area (Å²) in [6.45, 7) is 1.16. The van der Waals surface area contributed by atoms with Gasteiger partial charge < -0.3 is 0 Å². The van der Waals surface area contributed by atoms with Gasteiger partial charge in [0.15, 0.2) is 0 Å². The van der Waals surface area contributed by atoms with Crippen molar-refractivity contribution in [2.75, 3.05) is 17.1 Å². The Bertz CT molecular complexity index is 1020. The topological polar surface area (TPSA) is 122 Å². The maximum Gasteiger partial charge on any atom is 0.269 e. The Kier molecular flexibility index (Phi) is 6.86. The van der Waals surface area contributed by atoms with Gasteiger partial charge in [0.2, 0.25) is 10.0 Å². The van der Waals surface area contributed by atoms with Crippen molar-refractivity contribution < 1.29 is 18.1 Å². The first-order chi connectivity index (χ1) is 13.1. The highest BCUT2D eigenvalue weighted by Gasteiger charge is 2.21. The first-order valence-corrected chi connectivity index (χ1v) is 10.5. The molecule has 0 aliphatic carbocycles. The van der Waals surface area contributed by atoms with E-state index in [1.54, 1.807) is 31.2 Å². The van der Waals surface area contributed by atoms with Gasteiger partial charge in [0, 0.05) is 16.6 Å². The predicted octanol–water partition coefficient (Wildman–Crippen LogP) is 2.66. The van der Waals surface area contributed by atoms with Gasteiger partial charge in [0.1, 0.15) is 6.54 Å². The van der Waals surface area contributed by atoms with Gasteiger partial charge >= 0.3 is 0 Å². The van der Waals surface area contributed by atoms with Crippen LogP contribution in [-0.4, -0.2) is 37.8 Å². The fourth-order valence-corrected chi connectivity index (χ4v) is 3.47. The molecule has 9 nitrogen and oxygen atoms in total. The van der Waals surface area contributed by atoms with Gasteiger partial charge in [-0.15, -0.1) is 0 Å². The first kappa shape index (κ1) is 21.5. The van der Waals surface area contributed by atoms with Gasteiger partial charge in [-0.2, -0.15) is 5.10 Å².